The summed E-state index contributed by atoms with van der Waals surface area (Å²) in [5, 5.41) is 2.83. The molecule has 1 amide bonds. The van der Waals surface area contributed by atoms with Crippen molar-refractivity contribution in [3.8, 4) is 0 Å². The normalized spacial score (nSPS) is 28.6. The van der Waals surface area contributed by atoms with Crippen molar-refractivity contribution >= 4 is 11.7 Å². The summed E-state index contributed by atoms with van der Waals surface area (Å²) in [6.45, 7) is 0.641. The van der Waals surface area contributed by atoms with Gasteiger partial charge in [-0.25, -0.2) is 9.37 Å². The number of carbonyl (C=O) groups is 1. The Morgan fingerprint density at radius 1 is 1.47 bits per heavy atom. The lowest BCUT2D eigenvalue weighted by molar-refractivity contribution is 0.0937. The van der Waals surface area contributed by atoms with Crippen LogP contribution < -0.4 is 11.1 Å². The number of carbonyl (C=O) groups excluding carboxylic acids is 1. The van der Waals surface area contributed by atoms with E-state index in [1.165, 1.54) is 37.9 Å². The van der Waals surface area contributed by atoms with Crippen LogP contribution in [0.1, 0.15) is 36.0 Å². The largest absolute Gasteiger partial charge is 0.381 e. The molecule has 0 spiro atoms. The predicted molar refractivity (Wildman–Crippen MR) is 69.9 cm³/mol. The smallest absolute Gasteiger partial charge is 0.254 e. The third kappa shape index (κ3) is 2.29. The monoisotopic (exact) mass is 263 g/mol. The molecule has 0 saturated heterocycles. The average molecular weight is 263 g/mol. The molecule has 1 aromatic heterocycles. The van der Waals surface area contributed by atoms with Crippen molar-refractivity contribution in [2.24, 2.45) is 17.8 Å². The quantitative estimate of drug-likeness (QED) is 0.876. The van der Waals surface area contributed by atoms with Crippen LogP contribution in [-0.4, -0.2) is 17.4 Å². The molecule has 19 heavy (non-hydrogen) atoms. The number of hydrogen-bond acceptors (Lipinski definition) is 3. The van der Waals surface area contributed by atoms with Gasteiger partial charge in [-0.05, 0) is 43.1 Å². The summed E-state index contributed by atoms with van der Waals surface area (Å²) in [6, 6.07) is 1.36. The zero-order valence-corrected chi connectivity index (χ0v) is 10.7. The van der Waals surface area contributed by atoms with Gasteiger partial charge >= 0.3 is 0 Å². The van der Waals surface area contributed by atoms with Crippen LogP contribution in [-0.2, 0) is 0 Å². The van der Waals surface area contributed by atoms with Gasteiger partial charge in [-0.15, -0.1) is 0 Å². The number of aromatic nitrogens is 1. The van der Waals surface area contributed by atoms with Gasteiger partial charge in [0.15, 0.2) is 11.6 Å². The van der Waals surface area contributed by atoms with Crippen molar-refractivity contribution in [3.05, 3.63) is 23.6 Å². The summed E-state index contributed by atoms with van der Waals surface area (Å²) in [4.78, 5) is 15.6. The van der Waals surface area contributed by atoms with Gasteiger partial charge in [0.1, 0.15) is 0 Å². The second-order valence-corrected chi connectivity index (χ2v) is 5.70. The minimum absolute atomic E-state index is 0.0179. The SMILES string of the molecule is Nc1nccc(C(=O)NCC2CC3CCC2C3)c1F. The number of nitrogens with one attached hydrogen (secondary N) is 1. The first-order valence-corrected chi connectivity index (χ1v) is 6.83. The maximum absolute atomic E-state index is 13.7. The first-order chi connectivity index (χ1) is 9.15. The summed E-state index contributed by atoms with van der Waals surface area (Å²) < 4.78 is 13.7. The highest BCUT2D eigenvalue weighted by Gasteiger charge is 2.39. The highest BCUT2D eigenvalue weighted by atomic mass is 19.1. The van der Waals surface area contributed by atoms with Crippen molar-refractivity contribution in [2.75, 3.05) is 12.3 Å². The Bertz CT molecular complexity index is 505. The van der Waals surface area contributed by atoms with E-state index in [1.54, 1.807) is 0 Å². The van der Waals surface area contributed by atoms with Gasteiger partial charge in [-0.1, -0.05) is 6.42 Å². The second kappa shape index (κ2) is 4.79. The van der Waals surface area contributed by atoms with Crippen molar-refractivity contribution < 1.29 is 9.18 Å². The molecule has 2 aliphatic rings. The van der Waals surface area contributed by atoms with Gasteiger partial charge in [-0.2, -0.15) is 0 Å². The molecule has 2 aliphatic carbocycles. The standard InChI is InChI=1S/C14H18FN3O/c15-12-11(3-4-17-13(12)16)14(19)18-7-10-6-8-1-2-9(10)5-8/h3-4,8-10H,1-2,5-7H2,(H2,16,17)(H,18,19). The highest BCUT2D eigenvalue weighted by Crippen LogP contribution is 2.47. The zero-order chi connectivity index (χ0) is 13.4. The molecule has 1 heterocycles. The molecule has 0 radical (unpaired) electrons. The van der Waals surface area contributed by atoms with Crippen LogP contribution in [0.3, 0.4) is 0 Å². The van der Waals surface area contributed by atoms with Crippen molar-refractivity contribution in [3.63, 3.8) is 0 Å². The maximum atomic E-state index is 13.7. The van der Waals surface area contributed by atoms with E-state index in [1.807, 2.05) is 0 Å². The molecule has 0 aromatic carbocycles. The van der Waals surface area contributed by atoms with Gasteiger partial charge in [0.05, 0.1) is 5.56 Å². The number of amides is 1. The average Bonchev–Trinajstić information content (AvgIpc) is 3.01. The number of nitrogens with zero attached hydrogens (tertiary/aromatic N) is 1. The number of pyridine rings is 1. The summed E-state index contributed by atoms with van der Waals surface area (Å²) in [6.07, 6.45) is 6.47. The molecule has 102 valence electrons. The van der Waals surface area contributed by atoms with Crippen LogP contribution in [0.15, 0.2) is 12.3 Å². The van der Waals surface area contributed by atoms with Crippen LogP contribution in [0, 0.1) is 23.6 Å². The first-order valence-electron chi connectivity index (χ1n) is 6.83. The minimum Gasteiger partial charge on any atom is -0.381 e. The fraction of sp³-hybridized carbons (Fsp3) is 0.571. The summed E-state index contributed by atoms with van der Waals surface area (Å²) in [5.41, 5.74) is 5.34. The molecule has 0 aliphatic heterocycles. The fourth-order valence-electron chi connectivity index (χ4n) is 3.58. The molecule has 2 saturated carbocycles. The van der Waals surface area contributed by atoms with Crippen LogP contribution in [0.4, 0.5) is 10.2 Å². The van der Waals surface area contributed by atoms with Gasteiger partial charge in [0.25, 0.3) is 5.91 Å². The molecule has 3 N–H and O–H groups in total. The first kappa shape index (κ1) is 12.4. The van der Waals surface area contributed by atoms with Gasteiger partial charge < -0.3 is 11.1 Å². The molecule has 5 heteroatoms. The van der Waals surface area contributed by atoms with Crippen molar-refractivity contribution in [1.82, 2.24) is 10.3 Å². The summed E-state index contributed by atoms with van der Waals surface area (Å²) in [5.74, 6) is 0.803. The van der Waals surface area contributed by atoms with Crippen molar-refractivity contribution in [2.45, 2.75) is 25.7 Å². The van der Waals surface area contributed by atoms with E-state index in [-0.39, 0.29) is 11.4 Å². The lowest BCUT2D eigenvalue weighted by Gasteiger charge is -2.21. The van der Waals surface area contributed by atoms with E-state index < -0.39 is 11.7 Å². The third-order valence-corrected chi connectivity index (χ3v) is 4.57. The van der Waals surface area contributed by atoms with E-state index in [9.17, 15) is 9.18 Å². The third-order valence-electron chi connectivity index (χ3n) is 4.57. The Balaban J connectivity index is 1.61. The fourth-order valence-corrected chi connectivity index (χ4v) is 3.58. The number of nitrogen functional groups attached to an aromatic ring is 1. The molecule has 3 unspecified atom stereocenters. The number of rotatable bonds is 3. The van der Waals surface area contributed by atoms with E-state index >= 15 is 0 Å². The molecule has 3 atom stereocenters. The van der Waals surface area contributed by atoms with E-state index in [2.05, 4.69) is 10.3 Å². The number of fused-ring (bicyclic) bond motifs is 2. The Kier molecular flexibility index (Phi) is 3.12. The van der Waals surface area contributed by atoms with Gasteiger partial charge in [0.2, 0.25) is 0 Å². The molecule has 1 aromatic rings. The summed E-state index contributed by atoms with van der Waals surface area (Å²) >= 11 is 0. The van der Waals surface area contributed by atoms with Crippen LogP contribution in [0.25, 0.3) is 0 Å². The predicted octanol–water partition coefficient (Wildman–Crippen LogP) is 1.97. The van der Waals surface area contributed by atoms with E-state index in [0.717, 1.165) is 11.8 Å². The number of halogens is 1. The molecular weight excluding hydrogens is 245 g/mol. The topological polar surface area (TPSA) is 68.0 Å². The second-order valence-electron chi connectivity index (χ2n) is 5.70. The molecule has 2 fully saturated rings. The Morgan fingerprint density at radius 2 is 2.32 bits per heavy atom. The molecule has 3 rings (SSSR count). The van der Waals surface area contributed by atoms with Gasteiger partial charge in [-0.3, -0.25) is 4.79 Å². The van der Waals surface area contributed by atoms with Crippen LogP contribution in [0.5, 0.6) is 0 Å². The van der Waals surface area contributed by atoms with E-state index in [4.69, 9.17) is 5.73 Å². The number of anilines is 1. The van der Waals surface area contributed by atoms with Crippen molar-refractivity contribution in [1.29, 1.82) is 0 Å². The number of nitrogens with two attached hydrogens (primary N) is 1. The van der Waals surface area contributed by atoms with Crippen LogP contribution >= 0.6 is 0 Å². The molecule has 2 bridgehead atoms. The Labute approximate surface area is 111 Å². The number of hydrogen-bond donors (Lipinski definition) is 2. The molecule has 4 nitrogen and oxygen atoms in total. The molecular formula is C14H18FN3O. The van der Waals surface area contributed by atoms with E-state index in [0.29, 0.717) is 12.5 Å². The Hall–Kier alpha value is -1.65. The maximum Gasteiger partial charge on any atom is 0.254 e. The highest BCUT2D eigenvalue weighted by molar-refractivity contribution is 5.95. The lowest BCUT2D eigenvalue weighted by Crippen LogP contribution is -2.32. The Morgan fingerprint density at radius 3 is 3.00 bits per heavy atom. The minimum atomic E-state index is -0.729. The van der Waals surface area contributed by atoms with Gasteiger partial charge in [0, 0.05) is 12.7 Å². The zero-order valence-electron chi connectivity index (χ0n) is 10.7. The summed E-state index contributed by atoms with van der Waals surface area (Å²) in [7, 11) is 0. The van der Waals surface area contributed by atoms with Crippen LogP contribution in [0.2, 0.25) is 0 Å². The lowest BCUT2D eigenvalue weighted by atomic mass is 9.89.